The number of carbonyl (C=O) groups is 2. The van der Waals surface area contributed by atoms with E-state index in [1.165, 1.54) is 31.0 Å². The number of pyridine rings is 1. The molecule has 2 rings (SSSR count). The average Bonchev–Trinajstić information content (AvgIpc) is 2.53. The fourth-order valence-corrected chi connectivity index (χ4v) is 1.24. The third kappa shape index (κ3) is 3.67. The third-order valence-electron chi connectivity index (χ3n) is 2.16. The molecule has 0 fully saturated rings. The van der Waals surface area contributed by atoms with Crippen molar-refractivity contribution in [1.29, 1.82) is 0 Å². The van der Waals surface area contributed by atoms with Crippen LogP contribution in [0.3, 0.4) is 0 Å². The van der Waals surface area contributed by atoms with Crippen LogP contribution >= 0.6 is 0 Å². The van der Waals surface area contributed by atoms with Crippen molar-refractivity contribution < 1.29 is 9.59 Å². The van der Waals surface area contributed by atoms with Gasteiger partial charge in [0.1, 0.15) is 12.0 Å². The van der Waals surface area contributed by atoms with Gasteiger partial charge in [-0.15, -0.1) is 0 Å². The van der Waals surface area contributed by atoms with E-state index in [9.17, 15) is 9.59 Å². The number of hydrogen-bond donors (Lipinski definition) is 2. The lowest BCUT2D eigenvalue weighted by Gasteiger charge is -1.99. The number of aromatic nitrogens is 3. The van der Waals surface area contributed by atoms with Gasteiger partial charge in [-0.25, -0.2) is 10.4 Å². The monoisotopic (exact) mass is 270 g/mol. The van der Waals surface area contributed by atoms with Crippen LogP contribution < -0.4 is 10.7 Å². The van der Waals surface area contributed by atoms with Gasteiger partial charge in [0.15, 0.2) is 0 Å². The van der Waals surface area contributed by atoms with Crippen LogP contribution in [-0.4, -0.2) is 33.1 Å². The highest BCUT2D eigenvalue weighted by atomic mass is 16.2. The molecule has 0 aliphatic carbocycles. The summed E-state index contributed by atoms with van der Waals surface area (Å²) in [7, 11) is 0. The van der Waals surface area contributed by atoms with Crippen LogP contribution in [-0.2, 0) is 0 Å². The maximum atomic E-state index is 11.6. The van der Waals surface area contributed by atoms with Gasteiger partial charge in [-0.2, -0.15) is 5.10 Å². The summed E-state index contributed by atoms with van der Waals surface area (Å²) in [6.45, 7) is 0. The molecule has 0 atom stereocenters. The van der Waals surface area contributed by atoms with Crippen LogP contribution in [0.25, 0.3) is 0 Å². The Bertz CT molecular complexity index is 559. The molecule has 0 unspecified atom stereocenters. The van der Waals surface area contributed by atoms with Gasteiger partial charge in [-0.3, -0.25) is 19.6 Å². The lowest BCUT2D eigenvalue weighted by molar-refractivity contribution is 0.0947. The van der Waals surface area contributed by atoms with E-state index in [0.29, 0.717) is 5.56 Å². The standard InChI is InChI=1S/C12H10N6O2/c19-11(9-1-3-13-4-2-9)18-17-8-16-12(20)10-7-14-5-6-15-10/h1-8H,(H,18,19)(H,16,17,20). The SMILES string of the molecule is O=C(N/N=C/NC(=O)c1cnccn1)c1ccncc1. The van der Waals surface area contributed by atoms with Gasteiger partial charge in [0, 0.05) is 30.4 Å². The molecule has 2 heterocycles. The molecule has 0 saturated heterocycles. The van der Waals surface area contributed by atoms with Crippen molar-refractivity contribution in [2.75, 3.05) is 0 Å². The molecule has 0 aromatic carbocycles. The van der Waals surface area contributed by atoms with Crippen LogP contribution in [0.4, 0.5) is 0 Å². The number of hydrazone groups is 1. The lowest BCUT2D eigenvalue weighted by Crippen LogP contribution is -2.25. The van der Waals surface area contributed by atoms with Crippen LogP contribution in [0.2, 0.25) is 0 Å². The molecule has 8 heteroatoms. The van der Waals surface area contributed by atoms with Gasteiger partial charge in [-0.1, -0.05) is 0 Å². The minimum Gasteiger partial charge on any atom is -0.310 e. The second-order valence-corrected chi connectivity index (χ2v) is 3.50. The Kier molecular flexibility index (Phi) is 4.44. The number of amides is 2. The maximum Gasteiger partial charge on any atom is 0.276 e. The first kappa shape index (κ1) is 13.3. The summed E-state index contributed by atoms with van der Waals surface area (Å²) >= 11 is 0. The highest BCUT2D eigenvalue weighted by Crippen LogP contribution is 1.94. The number of hydrogen-bond acceptors (Lipinski definition) is 6. The van der Waals surface area contributed by atoms with E-state index in [4.69, 9.17) is 0 Å². The fourth-order valence-electron chi connectivity index (χ4n) is 1.24. The van der Waals surface area contributed by atoms with Crippen molar-refractivity contribution in [3.8, 4) is 0 Å². The predicted octanol–water partition coefficient (Wildman–Crippen LogP) is -0.0253. The number of carbonyl (C=O) groups excluding carboxylic acids is 2. The summed E-state index contributed by atoms with van der Waals surface area (Å²) < 4.78 is 0. The smallest absolute Gasteiger partial charge is 0.276 e. The van der Waals surface area contributed by atoms with Crippen molar-refractivity contribution in [1.82, 2.24) is 25.7 Å². The van der Waals surface area contributed by atoms with Crippen LogP contribution in [0.5, 0.6) is 0 Å². The maximum absolute atomic E-state index is 11.6. The van der Waals surface area contributed by atoms with E-state index in [1.54, 1.807) is 12.1 Å². The normalized spacial score (nSPS) is 10.2. The van der Waals surface area contributed by atoms with Gasteiger partial charge < -0.3 is 5.32 Å². The highest BCUT2D eigenvalue weighted by Gasteiger charge is 2.04. The van der Waals surface area contributed by atoms with E-state index in [1.807, 2.05) is 0 Å². The molecule has 0 aliphatic rings. The molecule has 2 N–H and O–H groups in total. The molecule has 0 bridgehead atoms. The van der Waals surface area contributed by atoms with Crippen LogP contribution in [0, 0.1) is 0 Å². The van der Waals surface area contributed by atoms with Crippen molar-refractivity contribution in [2.24, 2.45) is 5.10 Å². The van der Waals surface area contributed by atoms with E-state index in [2.05, 4.69) is 30.8 Å². The molecular weight excluding hydrogens is 260 g/mol. The van der Waals surface area contributed by atoms with Gasteiger partial charge in [0.05, 0.1) is 6.20 Å². The Labute approximate surface area is 114 Å². The summed E-state index contributed by atoms with van der Waals surface area (Å²) in [6, 6.07) is 3.09. The van der Waals surface area contributed by atoms with E-state index >= 15 is 0 Å². The summed E-state index contributed by atoms with van der Waals surface area (Å²) in [5.41, 5.74) is 2.82. The molecule has 8 nitrogen and oxygen atoms in total. The van der Waals surface area contributed by atoms with Crippen molar-refractivity contribution >= 4 is 18.2 Å². The van der Waals surface area contributed by atoms with Crippen LogP contribution in [0.1, 0.15) is 20.8 Å². The summed E-state index contributed by atoms with van der Waals surface area (Å²) in [4.78, 5) is 34.5. The zero-order valence-corrected chi connectivity index (χ0v) is 10.2. The van der Waals surface area contributed by atoms with Crippen molar-refractivity contribution in [3.05, 3.63) is 54.4 Å². The molecule has 20 heavy (non-hydrogen) atoms. The first-order valence-electron chi connectivity index (χ1n) is 5.56. The zero-order valence-electron chi connectivity index (χ0n) is 10.2. The molecule has 0 saturated carbocycles. The number of nitrogens with one attached hydrogen (secondary N) is 2. The van der Waals surface area contributed by atoms with Gasteiger partial charge in [-0.05, 0) is 12.1 Å². The molecule has 0 spiro atoms. The summed E-state index contributed by atoms with van der Waals surface area (Å²) in [5.74, 6) is -0.877. The van der Waals surface area contributed by atoms with E-state index < -0.39 is 11.8 Å². The van der Waals surface area contributed by atoms with E-state index in [0.717, 1.165) is 6.34 Å². The molecule has 2 aromatic heterocycles. The molecule has 0 radical (unpaired) electrons. The Morgan fingerprint density at radius 1 is 1.05 bits per heavy atom. The fraction of sp³-hybridized carbons (Fsp3) is 0. The second-order valence-electron chi connectivity index (χ2n) is 3.50. The van der Waals surface area contributed by atoms with Crippen molar-refractivity contribution in [2.45, 2.75) is 0 Å². The van der Waals surface area contributed by atoms with Gasteiger partial charge in [0.2, 0.25) is 0 Å². The van der Waals surface area contributed by atoms with Gasteiger partial charge >= 0.3 is 0 Å². The molecular formula is C12H10N6O2. The Morgan fingerprint density at radius 3 is 2.55 bits per heavy atom. The lowest BCUT2D eigenvalue weighted by atomic mass is 10.3. The first-order valence-corrected chi connectivity index (χ1v) is 5.56. The van der Waals surface area contributed by atoms with Crippen molar-refractivity contribution in [3.63, 3.8) is 0 Å². The average molecular weight is 270 g/mol. The minimum atomic E-state index is -0.472. The molecule has 0 aliphatic heterocycles. The highest BCUT2D eigenvalue weighted by molar-refractivity contribution is 5.99. The number of nitrogens with zero attached hydrogens (tertiary/aromatic N) is 4. The predicted molar refractivity (Wildman–Crippen MR) is 69.7 cm³/mol. The Balaban J connectivity index is 1.83. The molecule has 2 amide bonds. The Hall–Kier alpha value is -3.16. The minimum absolute atomic E-state index is 0.152. The van der Waals surface area contributed by atoms with E-state index in [-0.39, 0.29) is 5.69 Å². The third-order valence-corrected chi connectivity index (χ3v) is 2.16. The first-order chi connectivity index (χ1) is 9.77. The zero-order chi connectivity index (χ0) is 14.2. The molecule has 100 valence electrons. The number of rotatable bonds is 4. The largest absolute Gasteiger partial charge is 0.310 e. The summed E-state index contributed by atoms with van der Waals surface area (Å²) in [5, 5.41) is 5.93. The Morgan fingerprint density at radius 2 is 1.85 bits per heavy atom. The second kappa shape index (κ2) is 6.69. The van der Waals surface area contributed by atoms with Gasteiger partial charge in [0.25, 0.3) is 11.8 Å². The quantitative estimate of drug-likeness (QED) is 0.461. The molecule has 2 aromatic rings. The van der Waals surface area contributed by atoms with Crippen LogP contribution in [0.15, 0.2) is 48.2 Å². The topological polar surface area (TPSA) is 109 Å². The summed E-state index contributed by atoms with van der Waals surface area (Å²) in [6.07, 6.45) is 8.23.